The summed E-state index contributed by atoms with van der Waals surface area (Å²) in [7, 11) is 0. The van der Waals surface area contributed by atoms with Gasteiger partial charge in [0.1, 0.15) is 0 Å². The van der Waals surface area contributed by atoms with Crippen molar-refractivity contribution in [2.45, 2.75) is 13.8 Å². The summed E-state index contributed by atoms with van der Waals surface area (Å²) in [6, 6.07) is 0. The van der Waals surface area contributed by atoms with E-state index < -0.39 is 23.5 Å². The van der Waals surface area contributed by atoms with Crippen molar-refractivity contribution in [2.24, 2.45) is 0 Å². The van der Waals surface area contributed by atoms with Gasteiger partial charge in [-0.05, 0) is 13.8 Å². The molecule has 104 valence electrons. The summed E-state index contributed by atoms with van der Waals surface area (Å²) >= 11 is -0.750. The average Bonchev–Trinajstić information content (AvgIpc) is 2.18. The van der Waals surface area contributed by atoms with Gasteiger partial charge in [0.2, 0.25) is 0 Å². The van der Waals surface area contributed by atoms with E-state index in [9.17, 15) is 0 Å². The van der Waals surface area contributed by atoms with Crippen molar-refractivity contribution in [3.05, 3.63) is 25.3 Å². The molecule has 0 fully saturated rings. The molecule has 0 heterocycles. The molecule has 0 saturated carbocycles. The van der Waals surface area contributed by atoms with E-state index in [1.807, 2.05) is 12.2 Å². The number of hydrogen-bond donors (Lipinski definition) is 1. The first kappa shape index (κ1) is 25.2. The van der Waals surface area contributed by atoms with Crippen LogP contribution >= 0.6 is 0 Å². The van der Waals surface area contributed by atoms with Crippen LogP contribution in [0.5, 0.6) is 0 Å². The van der Waals surface area contributed by atoms with Gasteiger partial charge in [-0.25, -0.2) is 0 Å². The third-order valence-corrected chi connectivity index (χ3v) is 0.577. The topological polar surface area (TPSA) is 126 Å². The minimum atomic E-state index is -1.08. The number of carbonyl (C=O) groups excluding carboxylic acids is 2. The molecule has 1 N–H and O–H groups in total. The second-order valence-corrected chi connectivity index (χ2v) is 2.42. The maximum atomic E-state index is 8.89. The van der Waals surface area contributed by atoms with Gasteiger partial charge >= 0.3 is 20.0 Å². The van der Waals surface area contributed by atoms with Gasteiger partial charge in [-0.3, -0.25) is 0 Å². The Morgan fingerprint density at radius 2 is 1.22 bits per heavy atom. The number of nitrogens with one attached hydrogen (secondary N) is 1. The Bertz CT molecular complexity index is 233. The summed E-state index contributed by atoms with van der Waals surface area (Å²) in [5, 5.41) is 20.8. The SMILES string of the molecule is C=CCNCC=C.CC(=O)[O-].CC(=O)[O-].O=[S+2]=O. The molecule has 0 spiro atoms. The predicted molar refractivity (Wildman–Crippen MR) is 63.4 cm³/mol. The quantitative estimate of drug-likeness (QED) is 0.476. The molecular formula is C10H17NO6S. The van der Waals surface area contributed by atoms with E-state index in [1.54, 1.807) is 0 Å². The molecule has 0 aliphatic carbocycles. The van der Waals surface area contributed by atoms with Crippen molar-refractivity contribution >= 4 is 23.5 Å². The van der Waals surface area contributed by atoms with Crippen LogP contribution in [0.2, 0.25) is 0 Å². The fraction of sp³-hybridized carbons (Fsp3) is 0.400. The van der Waals surface area contributed by atoms with E-state index in [1.165, 1.54) is 0 Å². The standard InChI is InChI=1S/C6H11N.2C2H4O2.O2S/c1-3-5-7-6-4-2;2*1-2(3)4;1-3-2/h3-4,7H,1-2,5-6H2;2*1H3,(H,3,4);/q;;;+2/p-2. The number of hydrogen-bond acceptors (Lipinski definition) is 7. The van der Waals surface area contributed by atoms with Crippen LogP contribution in [0, 0.1) is 0 Å². The zero-order valence-corrected chi connectivity index (χ0v) is 11.2. The van der Waals surface area contributed by atoms with Crippen molar-refractivity contribution in [1.29, 1.82) is 0 Å². The first-order valence-electron chi connectivity index (χ1n) is 4.49. The van der Waals surface area contributed by atoms with Gasteiger partial charge in [0.05, 0.1) is 0 Å². The number of carboxylic acid groups (broad SMARTS) is 2. The van der Waals surface area contributed by atoms with E-state index in [-0.39, 0.29) is 0 Å². The molecule has 0 aliphatic rings. The van der Waals surface area contributed by atoms with Crippen LogP contribution in [0.25, 0.3) is 0 Å². The van der Waals surface area contributed by atoms with Crippen molar-refractivity contribution in [1.82, 2.24) is 5.32 Å². The van der Waals surface area contributed by atoms with Crippen molar-refractivity contribution in [2.75, 3.05) is 13.1 Å². The van der Waals surface area contributed by atoms with Crippen LogP contribution in [-0.2, 0) is 29.6 Å². The van der Waals surface area contributed by atoms with Crippen molar-refractivity contribution in [3.8, 4) is 0 Å². The molecule has 0 bridgehead atoms. The van der Waals surface area contributed by atoms with Crippen molar-refractivity contribution in [3.63, 3.8) is 0 Å². The van der Waals surface area contributed by atoms with Gasteiger partial charge in [0, 0.05) is 25.0 Å². The maximum absolute atomic E-state index is 8.89. The van der Waals surface area contributed by atoms with E-state index in [0.29, 0.717) is 0 Å². The normalized spacial score (nSPS) is 6.33. The monoisotopic (exact) mass is 279 g/mol. The number of rotatable bonds is 4. The molecular weight excluding hydrogens is 262 g/mol. The fourth-order valence-corrected chi connectivity index (χ4v) is 0.287. The molecule has 18 heavy (non-hydrogen) atoms. The van der Waals surface area contributed by atoms with E-state index in [0.717, 1.165) is 26.9 Å². The van der Waals surface area contributed by atoms with Crippen LogP contribution in [0.1, 0.15) is 13.8 Å². The molecule has 0 rings (SSSR count). The summed E-state index contributed by atoms with van der Waals surface area (Å²) in [6.07, 6.45) is 3.65. The third kappa shape index (κ3) is 469. The molecule has 0 aromatic rings. The summed E-state index contributed by atoms with van der Waals surface area (Å²) in [5.41, 5.74) is 0. The van der Waals surface area contributed by atoms with Crippen LogP contribution in [0.3, 0.4) is 0 Å². The van der Waals surface area contributed by atoms with Crippen LogP contribution in [0.4, 0.5) is 0 Å². The molecule has 0 aliphatic heterocycles. The molecule has 0 amide bonds. The van der Waals surface area contributed by atoms with E-state index in [2.05, 4.69) is 18.5 Å². The molecule has 0 radical (unpaired) electrons. The van der Waals surface area contributed by atoms with Gasteiger partial charge < -0.3 is 25.1 Å². The fourth-order valence-electron chi connectivity index (χ4n) is 0.287. The molecule has 0 saturated heterocycles. The van der Waals surface area contributed by atoms with Gasteiger partial charge in [-0.1, -0.05) is 12.2 Å². The molecule has 0 aromatic carbocycles. The van der Waals surface area contributed by atoms with Gasteiger partial charge in [-0.15, -0.1) is 13.2 Å². The Kier molecular flexibility index (Phi) is 41.4. The first-order chi connectivity index (χ1) is 8.29. The second-order valence-electron chi connectivity index (χ2n) is 2.29. The number of aliphatic carboxylic acids is 2. The van der Waals surface area contributed by atoms with Crippen LogP contribution < -0.4 is 15.5 Å². The van der Waals surface area contributed by atoms with Gasteiger partial charge in [0.15, 0.2) is 0 Å². The number of carboxylic acids is 2. The minimum absolute atomic E-state index is 0.750. The van der Waals surface area contributed by atoms with Crippen LogP contribution in [-0.4, -0.2) is 25.0 Å². The zero-order valence-electron chi connectivity index (χ0n) is 10.3. The Hall–Kier alpha value is -1.67. The van der Waals surface area contributed by atoms with Gasteiger partial charge in [-0.2, -0.15) is 0 Å². The Labute approximate surface area is 110 Å². The average molecular weight is 279 g/mol. The summed E-state index contributed by atoms with van der Waals surface area (Å²) in [4.78, 5) is 17.8. The summed E-state index contributed by atoms with van der Waals surface area (Å²) in [6.45, 7) is 10.7. The molecule has 0 atom stereocenters. The Morgan fingerprint density at radius 3 is 1.33 bits per heavy atom. The zero-order chi connectivity index (χ0) is 15.4. The third-order valence-electron chi connectivity index (χ3n) is 0.577. The number of carbonyl (C=O) groups is 2. The first-order valence-corrected chi connectivity index (χ1v) is 5.16. The predicted octanol–water partition coefficient (Wildman–Crippen LogP) is -1.78. The van der Waals surface area contributed by atoms with Crippen LogP contribution in [0.15, 0.2) is 25.3 Å². The summed E-state index contributed by atoms with van der Waals surface area (Å²) in [5.74, 6) is -2.17. The van der Waals surface area contributed by atoms with Crippen molar-refractivity contribution < 1.29 is 28.2 Å². The molecule has 7 nitrogen and oxygen atoms in total. The van der Waals surface area contributed by atoms with Gasteiger partial charge in [0.25, 0.3) is 0 Å². The van der Waals surface area contributed by atoms with E-state index >= 15 is 0 Å². The molecule has 8 heteroatoms. The summed E-state index contributed by atoms with van der Waals surface area (Å²) < 4.78 is 16.6. The van der Waals surface area contributed by atoms with E-state index in [4.69, 9.17) is 28.2 Å². The molecule has 0 unspecified atom stereocenters. The Balaban J connectivity index is -0.0000000775. The Morgan fingerprint density at radius 1 is 1.06 bits per heavy atom. The second kappa shape index (κ2) is 29.5. The molecule has 0 aromatic heterocycles.